The van der Waals surface area contributed by atoms with Gasteiger partial charge in [-0.1, -0.05) is 54.6 Å². The van der Waals surface area contributed by atoms with Crippen molar-refractivity contribution in [3.05, 3.63) is 77.9 Å². The van der Waals surface area contributed by atoms with Gasteiger partial charge in [0, 0.05) is 0 Å². The normalized spacial score (nSPS) is 12.3. The van der Waals surface area contributed by atoms with E-state index in [2.05, 4.69) is 48.5 Å². The maximum absolute atomic E-state index is 6.67. The molecule has 0 saturated heterocycles. The Bertz CT molecular complexity index is 746. The second kappa shape index (κ2) is 6.19. The zero-order valence-corrected chi connectivity index (χ0v) is 12.7. The molecule has 0 radical (unpaired) electrons. The predicted molar refractivity (Wildman–Crippen MR) is 89.2 cm³/mol. The van der Waals surface area contributed by atoms with E-state index in [1.807, 2.05) is 18.2 Å². The average molecular weight is 297 g/mol. The number of ether oxygens (including phenoxy) is 1. The molecule has 0 N–H and O–H groups in total. The first-order chi connectivity index (χ1) is 10.3. The number of benzene rings is 3. The minimum Gasteiger partial charge on any atom is -0.497 e. The van der Waals surface area contributed by atoms with Crippen molar-refractivity contribution in [2.45, 2.75) is 11.8 Å². The predicted octanol–water partition coefficient (Wildman–Crippen LogP) is 5.37. The largest absolute Gasteiger partial charge is 0.497 e. The van der Waals surface area contributed by atoms with Crippen LogP contribution in [0, 0.1) is 0 Å². The van der Waals surface area contributed by atoms with Crippen LogP contribution in [0.5, 0.6) is 5.75 Å². The topological polar surface area (TPSA) is 9.23 Å². The Morgan fingerprint density at radius 2 is 1.71 bits per heavy atom. The van der Waals surface area contributed by atoms with Gasteiger partial charge in [0.1, 0.15) is 5.75 Å². The standard InChI is InChI=1S/C19H17ClO/c1-21-16-9-4-6-14(12-16)13-19(20)18-11-5-8-15-7-2-3-10-17(15)18/h2-12,19H,13H2,1H3. The van der Waals surface area contributed by atoms with Gasteiger partial charge < -0.3 is 4.74 Å². The second-order valence-electron chi connectivity index (χ2n) is 5.09. The maximum Gasteiger partial charge on any atom is 0.119 e. The lowest BCUT2D eigenvalue weighted by molar-refractivity contribution is 0.414. The molecule has 0 fully saturated rings. The van der Waals surface area contributed by atoms with Crippen LogP contribution >= 0.6 is 11.6 Å². The van der Waals surface area contributed by atoms with E-state index in [9.17, 15) is 0 Å². The molecule has 0 aliphatic carbocycles. The van der Waals surface area contributed by atoms with E-state index in [-0.39, 0.29) is 5.38 Å². The van der Waals surface area contributed by atoms with Crippen molar-refractivity contribution in [1.29, 1.82) is 0 Å². The molecule has 3 aromatic rings. The average Bonchev–Trinajstić information content (AvgIpc) is 2.54. The Labute approximate surface area is 130 Å². The summed E-state index contributed by atoms with van der Waals surface area (Å²) in [5, 5.41) is 2.40. The smallest absolute Gasteiger partial charge is 0.119 e. The van der Waals surface area contributed by atoms with Gasteiger partial charge in [0.2, 0.25) is 0 Å². The highest BCUT2D eigenvalue weighted by Gasteiger charge is 2.12. The minimum absolute atomic E-state index is 0.0526. The van der Waals surface area contributed by atoms with Crippen molar-refractivity contribution in [3.63, 3.8) is 0 Å². The van der Waals surface area contributed by atoms with Crippen LogP contribution in [-0.4, -0.2) is 7.11 Å². The fourth-order valence-electron chi connectivity index (χ4n) is 2.64. The molecule has 106 valence electrons. The molecule has 0 spiro atoms. The molecule has 1 atom stereocenters. The van der Waals surface area contributed by atoms with Gasteiger partial charge in [-0.15, -0.1) is 11.6 Å². The third kappa shape index (κ3) is 3.03. The highest BCUT2D eigenvalue weighted by atomic mass is 35.5. The molecule has 0 saturated carbocycles. The monoisotopic (exact) mass is 296 g/mol. The third-order valence-corrected chi connectivity index (χ3v) is 4.10. The van der Waals surface area contributed by atoms with Gasteiger partial charge in [-0.2, -0.15) is 0 Å². The number of halogens is 1. The number of hydrogen-bond acceptors (Lipinski definition) is 1. The summed E-state index contributed by atoms with van der Waals surface area (Å²) in [5.74, 6) is 0.870. The lowest BCUT2D eigenvalue weighted by Gasteiger charge is -2.13. The van der Waals surface area contributed by atoms with Crippen LogP contribution < -0.4 is 4.74 Å². The summed E-state index contributed by atoms with van der Waals surface area (Å²) in [6, 6.07) is 22.7. The molecule has 0 bridgehead atoms. The maximum atomic E-state index is 6.67. The first kappa shape index (κ1) is 14.0. The van der Waals surface area contributed by atoms with Gasteiger partial charge in [0.05, 0.1) is 12.5 Å². The van der Waals surface area contributed by atoms with E-state index in [0.717, 1.165) is 12.2 Å². The molecule has 0 aliphatic rings. The third-order valence-electron chi connectivity index (χ3n) is 3.71. The summed E-state index contributed by atoms with van der Waals surface area (Å²) >= 11 is 6.67. The summed E-state index contributed by atoms with van der Waals surface area (Å²) in [6.45, 7) is 0. The molecular weight excluding hydrogens is 280 g/mol. The highest BCUT2D eigenvalue weighted by molar-refractivity contribution is 6.22. The lowest BCUT2D eigenvalue weighted by atomic mass is 9.98. The molecule has 0 aliphatic heterocycles. The molecule has 3 aromatic carbocycles. The summed E-state index contributed by atoms with van der Waals surface area (Å²) in [6.07, 6.45) is 0.784. The molecule has 1 nitrogen and oxygen atoms in total. The van der Waals surface area contributed by atoms with Crippen molar-refractivity contribution in [1.82, 2.24) is 0 Å². The quantitative estimate of drug-likeness (QED) is 0.588. The Balaban J connectivity index is 1.91. The molecule has 0 aromatic heterocycles. The number of alkyl halides is 1. The Hall–Kier alpha value is -1.99. The Morgan fingerprint density at radius 1 is 0.952 bits per heavy atom. The lowest BCUT2D eigenvalue weighted by Crippen LogP contribution is -1.97. The minimum atomic E-state index is -0.0526. The van der Waals surface area contributed by atoms with E-state index in [0.29, 0.717) is 0 Å². The van der Waals surface area contributed by atoms with Gasteiger partial charge >= 0.3 is 0 Å². The van der Waals surface area contributed by atoms with Gasteiger partial charge in [-0.25, -0.2) is 0 Å². The van der Waals surface area contributed by atoms with Gasteiger partial charge in [0.15, 0.2) is 0 Å². The first-order valence-corrected chi connectivity index (χ1v) is 7.46. The summed E-state index contributed by atoms with van der Waals surface area (Å²) < 4.78 is 5.27. The first-order valence-electron chi connectivity index (χ1n) is 7.02. The summed E-state index contributed by atoms with van der Waals surface area (Å²) in [5.41, 5.74) is 2.36. The highest BCUT2D eigenvalue weighted by Crippen LogP contribution is 2.31. The van der Waals surface area contributed by atoms with Crippen LogP contribution in [0.1, 0.15) is 16.5 Å². The zero-order chi connectivity index (χ0) is 14.7. The molecule has 3 rings (SSSR count). The fraction of sp³-hybridized carbons (Fsp3) is 0.158. The Kier molecular flexibility index (Phi) is 4.12. The van der Waals surface area contributed by atoms with E-state index in [1.165, 1.54) is 21.9 Å². The van der Waals surface area contributed by atoms with Gasteiger partial charge in [0.25, 0.3) is 0 Å². The SMILES string of the molecule is COc1cccc(CC(Cl)c2cccc3ccccc23)c1. The second-order valence-corrected chi connectivity index (χ2v) is 5.62. The van der Waals surface area contributed by atoms with E-state index in [1.54, 1.807) is 7.11 Å². The number of hydrogen-bond donors (Lipinski definition) is 0. The van der Waals surface area contributed by atoms with Crippen LogP contribution in [-0.2, 0) is 6.42 Å². The molecule has 0 amide bonds. The van der Waals surface area contributed by atoms with Crippen LogP contribution in [0.3, 0.4) is 0 Å². The van der Waals surface area contributed by atoms with Crippen molar-refractivity contribution in [2.24, 2.45) is 0 Å². The van der Waals surface area contributed by atoms with E-state index in [4.69, 9.17) is 16.3 Å². The van der Waals surface area contributed by atoms with Gasteiger partial charge in [-0.05, 0) is 40.5 Å². The molecule has 2 heteroatoms. The van der Waals surface area contributed by atoms with Crippen LogP contribution in [0.2, 0.25) is 0 Å². The molecule has 1 unspecified atom stereocenters. The number of rotatable bonds is 4. The number of methoxy groups -OCH3 is 1. The summed E-state index contributed by atoms with van der Waals surface area (Å²) in [7, 11) is 1.68. The fourth-order valence-corrected chi connectivity index (χ4v) is 3.01. The van der Waals surface area contributed by atoms with Crippen molar-refractivity contribution in [2.75, 3.05) is 7.11 Å². The van der Waals surface area contributed by atoms with Crippen LogP contribution in [0.15, 0.2) is 66.7 Å². The summed E-state index contributed by atoms with van der Waals surface area (Å²) in [4.78, 5) is 0. The van der Waals surface area contributed by atoms with Crippen LogP contribution in [0.4, 0.5) is 0 Å². The zero-order valence-electron chi connectivity index (χ0n) is 11.9. The van der Waals surface area contributed by atoms with E-state index < -0.39 is 0 Å². The van der Waals surface area contributed by atoms with Crippen molar-refractivity contribution >= 4 is 22.4 Å². The van der Waals surface area contributed by atoms with Crippen molar-refractivity contribution in [3.8, 4) is 5.75 Å². The van der Waals surface area contributed by atoms with Gasteiger partial charge in [-0.3, -0.25) is 0 Å². The van der Waals surface area contributed by atoms with Crippen molar-refractivity contribution < 1.29 is 4.74 Å². The molecule has 0 heterocycles. The molecule has 21 heavy (non-hydrogen) atoms. The number of fused-ring (bicyclic) bond motifs is 1. The Morgan fingerprint density at radius 3 is 2.57 bits per heavy atom. The van der Waals surface area contributed by atoms with E-state index >= 15 is 0 Å². The van der Waals surface area contributed by atoms with Crippen LogP contribution in [0.25, 0.3) is 10.8 Å². The molecular formula is C19H17ClO.